The minimum absolute atomic E-state index is 0. The average molecular weight is 533 g/mol. The Kier molecular flexibility index (Phi) is 12.1. The number of nitrogens with one attached hydrogen (secondary N) is 3. The summed E-state index contributed by atoms with van der Waals surface area (Å²) in [6.45, 7) is 9.52. The van der Waals surface area contributed by atoms with E-state index in [4.69, 9.17) is 9.47 Å². The molecule has 0 atom stereocenters. The average Bonchev–Trinajstić information content (AvgIpc) is 3.02. The second-order valence-electron chi connectivity index (χ2n) is 6.48. The number of nitrogens with zero attached hydrogens (tertiary/aromatic N) is 2. The molecular formula is C20H32IN5O4. The summed E-state index contributed by atoms with van der Waals surface area (Å²) in [5, 5.41) is 8.83. The topological polar surface area (TPSA) is 104 Å². The van der Waals surface area contributed by atoms with Crippen LogP contribution in [0.5, 0.6) is 5.75 Å². The van der Waals surface area contributed by atoms with E-state index in [1.54, 1.807) is 0 Å². The molecule has 0 spiro atoms. The Balaban J connectivity index is 0.00000450. The molecular weight excluding hydrogens is 501 g/mol. The molecule has 0 saturated carbocycles. The van der Waals surface area contributed by atoms with Crippen LogP contribution in [0.4, 0.5) is 4.79 Å². The Hall–Kier alpha value is -2.08. The molecule has 10 heteroatoms. The van der Waals surface area contributed by atoms with Gasteiger partial charge in [0, 0.05) is 31.8 Å². The van der Waals surface area contributed by atoms with Crippen LogP contribution in [0, 0.1) is 6.92 Å². The number of urea groups is 1. The first-order valence-corrected chi connectivity index (χ1v) is 9.95. The monoisotopic (exact) mass is 533 g/mol. The van der Waals surface area contributed by atoms with Gasteiger partial charge in [-0.3, -0.25) is 9.69 Å². The number of amides is 3. The molecule has 1 aliphatic heterocycles. The zero-order valence-electron chi connectivity index (χ0n) is 17.8. The van der Waals surface area contributed by atoms with Crippen LogP contribution in [0.2, 0.25) is 0 Å². The summed E-state index contributed by atoms with van der Waals surface area (Å²) in [4.78, 5) is 29.0. The zero-order valence-corrected chi connectivity index (χ0v) is 20.2. The van der Waals surface area contributed by atoms with Gasteiger partial charge in [0.1, 0.15) is 12.4 Å². The molecule has 3 amide bonds. The highest BCUT2D eigenvalue weighted by Crippen LogP contribution is 2.21. The number of carbonyl (C=O) groups is 2. The Labute approximate surface area is 195 Å². The summed E-state index contributed by atoms with van der Waals surface area (Å²) < 4.78 is 11.2. The molecule has 2 rings (SSSR count). The minimum atomic E-state index is -0.354. The Bertz CT molecular complexity index is 713. The van der Waals surface area contributed by atoms with Crippen LogP contribution in [0.25, 0.3) is 0 Å². The van der Waals surface area contributed by atoms with Crippen LogP contribution in [-0.4, -0.2) is 68.8 Å². The maximum Gasteiger partial charge on any atom is 0.324 e. The van der Waals surface area contributed by atoms with Crippen LogP contribution in [0.15, 0.2) is 23.2 Å². The number of halogens is 1. The van der Waals surface area contributed by atoms with Crippen molar-refractivity contribution >= 4 is 41.9 Å². The zero-order chi connectivity index (χ0) is 21.1. The minimum Gasteiger partial charge on any atom is -0.491 e. The van der Waals surface area contributed by atoms with Crippen molar-refractivity contribution in [3.63, 3.8) is 0 Å². The third kappa shape index (κ3) is 8.34. The summed E-state index contributed by atoms with van der Waals surface area (Å²) in [6.07, 6.45) is 0. The molecule has 0 bridgehead atoms. The van der Waals surface area contributed by atoms with Crippen molar-refractivity contribution in [2.45, 2.75) is 27.3 Å². The predicted molar refractivity (Wildman–Crippen MR) is 127 cm³/mol. The maximum atomic E-state index is 11.6. The summed E-state index contributed by atoms with van der Waals surface area (Å²) in [7, 11) is 0. The summed E-state index contributed by atoms with van der Waals surface area (Å²) in [6, 6.07) is 5.67. The molecule has 30 heavy (non-hydrogen) atoms. The van der Waals surface area contributed by atoms with Gasteiger partial charge in [0.05, 0.1) is 19.7 Å². The fraction of sp³-hybridized carbons (Fsp3) is 0.550. The number of hydrogen-bond donors (Lipinski definition) is 3. The number of hydrogen-bond acceptors (Lipinski definition) is 5. The van der Waals surface area contributed by atoms with Gasteiger partial charge in [0.2, 0.25) is 5.91 Å². The first-order valence-electron chi connectivity index (χ1n) is 9.95. The van der Waals surface area contributed by atoms with Gasteiger partial charge in [-0.15, -0.1) is 24.0 Å². The fourth-order valence-electron chi connectivity index (χ4n) is 2.76. The number of aliphatic imine (C=N–C) groups is 1. The second-order valence-corrected chi connectivity index (χ2v) is 6.48. The maximum absolute atomic E-state index is 11.6. The van der Waals surface area contributed by atoms with Crippen molar-refractivity contribution in [3.8, 4) is 5.75 Å². The highest BCUT2D eigenvalue weighted by Gasteiger charge is 2.27. The number of carbonyl (C=O) groups excluding carboxylic acids is 2. The third-order valence-corrected chi connectivity index (χ3v) is 4.23. The summed E-state index contributed by atoms with van der Waals surface area (Å²) in [5.41, 5.74) is 2.08. The first-order chi connectivity index (χ1) is 14.0. The van der Waals surface area contributed by atoms with Gasteiger partial charge in [-0.25, -0.2) is 9.79 Å². The number of benzene rings is 1. The van der Waals surface area contributed by atoms with Gasteiger partial charge in [-0.2, -0.15) is 0 Å². The number of aryl methyl sites for hydroxylation is 1. The highest BCUT2D eigenvalue weighted by atomic mass is 127. The van der Waals surface area contributed by atoms with Crippen molar-refractivity contribution in [2.24, 2.45) is 4.99 Å². The summed E-state index contributed by atoms with van der Waals surface area (Å²) >= 11 is 0. The lowest BCUT2D eigenvalue weighted by Gasteiger charge is -2.16. The SMILES string of the molecule is CCNC(=NCc1ccc(C)cc1OCCOCC)NCCN1C(=O)CNC1=O.I. The van der Waals surface area contributed by atoms with E-state index < -0.39 is 0 Å². The number of guanidine groups is 1. The molecule has 0 aromatic heterocycles. The third-order valence-electron chi connectivity index (χ3n) is 4.23. The number of rotatable bonds is 11. The van der Waals surface area contributed by atoms with E-state index in [1.807, 2.05) is 39.0 Å². The van der Waals surface area contributed by atoms with Gasteiger partial charge in [-0.1, -0.05) is 12.1 Å². The van der Waals surface area contributed by atoms with Crippen LogP contribution in [0.1, 0.15) is 25.0 Å². The molecule has 3 N–H and O–H groups in total. The Morgan fingerprint density at radius 3 is 2.70 bits per heavy atom. The molecule has 1 heterocycles. The second kappa shape index (κ2) is 14.0. The lowest BCUT2D eigenvalue weighted by Crippen LogP contribution is -2.43. The summed E-state index contributed by atoms with van der Waals surface area (Å²) in [5.74, 6) is 1.19. The standard InChI is InChI=1S/C20H31N5O4.HI/c1-4-21-19(22-8-9-25-18(26)14-24-20(25)27)23-13-16-7-6-15(3)12-17(16)29-11-10-28-5-2;/h6-7,12H,4-5,8-11,13-14H2,1-3H3,(H,24,27)(H2,21,22,23);1H. The Morgan fingerprint density at radius 1 is 1.23 bits per heavy atom. The van der Waals surface area contributed by atoms with Crippen LogP contribution in [0.3, 0.4) is 0 Å². The van der Waals surface area contributed by atoms with Gasteiger partial charge in [0.15, 0.2) is 5.96 Å². The number of ether oxygens (including phenoxy) is 2. The van der Waals surface area contributed by atoms with E-state index in [9.17, 15) is 9.59 Å². The fourth-order valence-corrected chi connectivity index (χ4v) is 2.76. The van der Waals surface area contributed by atoms with Crippen molar-refractivity contribution in [3.05, 3.63) is 29.3 Å². The van der Waals surface area contributed by atoms with Crippen molar-refractivity contribution in [1.82, 2.24) is 20.9 Å². The predicted octanol–water partition coefficient (Wildman–Crippen LogP) is 1.64. The van der Waals surface area contributed by atoms with Gasteiger partial charge >= 0.3 is 6.03 Å². The van der Waals surface area contributed by atoms with E-state index in [0.29, 0.717) is 45.4 Å². The van der Waals surface area contributed by atoms with Crippen molar-refractivity contribution in [2.75, 3.05) is 46.0 Å². The quantitative estimate of drug-likeness (QED) is 0.131. The lowest BCUT2D eigenvalue weighted by molar-refractivity contribution is -0.124. The molecule has 1 saturated heterocycles. The van der Waals surface area contributed by atoms with E-state index >= 15 is 0 Å². The number of imide groups is 1. The molecule has 1 aromatic rings. The molecule has 1 aliphatic rings. The molecule has 0 aliphatic carbocycles. The van der Waals surface area contributed by atoms with Crippen LogP contribution < -0.4 is 20.7 Å². The lowest BCUT2D eigenvalue weighted by atomic mass is 10.1. The van der Waals surface area contributed by atoms with E-state index in [1.165, 1.54) is 4.90 Å². The van der Waals surface area contributed by atoms with Gasteiger partial charge in [-0.05, 0) is 32.4 Å². The van der Waals surface area contributed by atoms with Crippen LogP contribution in [-0.2, 0) is 16.1 Å². The molecule has 9 nitrogen and oxygen atoms in total. The molecule has 168 valence electrons. The highest BCUT2D eigenvalue weighted by molar-refractivity contribution is 14.0. The van der Waals surface area contributed by atoms with E-state index in [-0.39, 0.29) is 49.0 Å². The molecule has 0 unspecified atom stereocenters. The molecule has 1 fully saturated rings. The van der Waals surface area contributed by atoms with Crippen molar-refractivity contribution in [1.29, 1.82) is 0 Å². The van der Waals surface area contributed by atoms with Crippen molar-refractivity contribution < 1.29 is 19.1 Å². The smallest absolute Gasteiger partial charge is 0.324 e. The Morgan fingerprint density at radius 2 is 2.03 bits per heavy atom. The van der Waals surface area contributed by atoms with E-state index in [0.717, 1.165) is 16.9 Å². The van der Waals surface area contributed by atoms with Gasteiger partial charge < -0.3 is 25.4 Å². The van der Waals surface area contributed by atoms with E-state index in [2.05, 4.69) is 20.9 Å². The van der Waals surface area contributed by atoms with Crippen LogP contribution >= 0.6 is 24.0 Å². The first kappa shape index (κ1) is 26.0. The van der Waals surface area contributed by atoms with Gasteiger partial charge in [0.25, 0.3) is 0 Å². The molecule has 0 radical (unpaired) electrons. The normalized spacial score (nSPS) is 13.7. The molecule has 1 aromatic carbocycles. The largest absolute Gasteiger partial charge is 0.491 e.